The second-order valence-corrected chi connectivity index (χ2v) is 3.41. The van der Waals surface area contributed by atoms with Crippen LogP contribution in [0.3, 0.4) is 0 Å². The summed E-state index contributed by atoms with van der Waals surface area (Å²) in [6, 6.07) is 8.27. The molecule has 0 fully saturated rings. The van der Waals surface area contributed by atoms with Gasteiger partial charge in [0, 0.05) is 4.90 Å². The van der Waals surface area contributed by atoms with Gasteiger partial charge in [0.2, 0.25) is 0 Å². The molecule has 9 heavy (non-hydrogen) atoms. The van der Waals surface area contributed by atoms with Gasteiger partial charge < -0.3 is 0 Å². The molecule has 2 heteroatoms. The Morgan fingerprint density at radius 1 is 1.33 bits per heavy atom. The van der Waals surface area contributed by atoms with Crippen LogP contribution in [0.25, 0.3) is 0 Å². The number of benzene rings is 1. The third-order valence-corrected chi connectivity index (χ3v) is 2.85. The average molecular weight is 203 g/mol. The molecule has 0 saturated heterocycles. The average Bonchev–Trinajstić information content (AvgIpc) is 1.89. The number of hydrogen-bond donors (Lipinski definition) is 0. The highest BCUT2D eigenvalue weighted by molar-refractivity contribution is 9.50. The minimum absolute atomic E-state index is 1.29. The number of halogens is 1. The van der Waals surface area contributed by atoms with Crippen molar-refractivity contribution < 1.29 is 0 Å². The first-order valence-electron chi connectivity index (χ1n) is 2.69. The SMILES string of the molecule is Cc1ccccc1SBr. The first-order valence-corrected chi connectivity index (χ1v) is 5.35. The van der Waals surface area contributed by atoms with Gasteiger partial charge in [0.1, 0.15) is 0 Å². The fraction of sp³-hybridized carbons (Fsp3) is 0.143. The van der Waals surface area contributed by atoms with Crippen LogP contribution in [0.4, 0.5) is 0 Å². The van der Waals surface area contributed by atoms with Crippen LogP contribution in [-0.2, 0) is 0 Å². The second kappa shape index (κ2) is 3.28. The zero-order valence-electron chi connectivity index (χ0n) is 5.10. The lowest BCUT2D eigenvalue weighted by molar-refractivity contribution is 1.31. The van der Waals surface area contributed by atoms with Gasteiger partial charge in [-0.15, -0.1) is 0 Å². The third kappa shape index (κ3) is 1.73. The largest absolute Gasteiger partial charge is 0.0619 e. The van der Waals surface area contributed by atoms with Crippen LogP contribution < -0.4 is 0 Å². The summed E-state index contributed by atoms with van der Waals surface area (Å²) in [6.07, 6.45) is 0. The Morgan fingerprint density at radius 2 is 2.00 bits per heavy atom. The van der Waals surface area contributed by atoms with Gasteiger partial charge in [0.25, 0.3) is 0 Å². The Kier molecular flexibility index (Phi) is 2.61. The van der Waals surface area contributed by atoms with Gasteiger partial charge in [-0.25, -0.2) is 0 Å². The molecule has 1 aromatic carbocycles. The summed E-state index contributed by atoms with van der Waals surface area (Å²) in [5, 5.41) is 0. The molecule has 0 nitrogen and oxygen atoms in total. The van der Waals surface area contributed by atoms with E-state index in [0.717, 1.165) is 0 Å². The van der Waals surface area contributed by atoms with E-state index in [2.05, 4.69) is 33.9 Å². The highest BCUT2D eigenvalue weighted by atomic mass is 79.9. The zero-order valence-corrected chi connectivity index (χ0v) is 7.50. The summed E-state index contributed by atoms with van der Waals surface area (Å²) in [5.74, 6) is 0. The molecular formula is C7H7BrS. The fourth-order valence-corrected chi connectivity index (χ4v) is 2.05. The Morgan fingerprint density at radius 3 is 2.44 bits per heavy atom. The van der Waals surface area contributed by atoms with Crippen LogP contribution >= 0.6 is 25.0 Å². The van der Waals surface area contributed by atoms with Crippen molar-refractivity contribution in [3.63, 3.8) is 0 Å². The van der Waals surface area contributed by atoms with Crippen LogP contribution in [0, 0.1) is 6.92 Å². The first kappa shape index (κ1) is 7.16. The molecule has 0 amide bonds. The molecule has 0 aliphatic rings. The van der Waals surface area contributed by atoms with Crippen LogP contribution in [0.15, 0.2) is 29.2 Å². The van der Waals surface area contributed by atoms with Crippen LogP contribution in [0.2, 0.25) is 0 Å². The summed E-state index contributed by atoms with van der Waals surface area (Å²) in [4.78, 5) is 1.29. The predicted molar refractivity (Wildman–Crippen MR) is 46.0 cm³/mol. The van der Waals surface area contributed by atoms with Crippen molar-refractivity contribution in [2.45, 2.75) is 11.8 Å². The number of hydrogen-bond acceptors (Lipinski definition) is 1. The maximum Gasteiger partial charge on any atom is 0.0217 e. The highest BCUT2D eigenvalue weighted by Gasteiger charge is 1.91. The summed E-state index contributed by atoms with van der Waals surface area (Å²) >= 11 is 3.32. The highest BCUT2D eigenvalue weighted by Crippen LogP contribution is 2.26. The molecule has 0 spiro atoms. The van der Waals surface area contributed by atoms with E-state index in [1.54, 1.807) is 10.2 Å². The molecule has 1 rings (SSSR count). The lowest BCUT2D eigenvalue weighted by Crippen LogP contribution is -1.72. The normalized spacial score (nSPS) is 9.56. The van der Waals surface area contributed by atoms with Crippen molar-refractivity contribution in [3.05, 3.63) is 29.8 Å². The smallest absolute Gasteiger partial charge is 0.0217 e. The Hall–Kier alpha value is 0.0500. The quantitative estimate of drug-likeness (QED) is 0.674. The maximum absolute atomic E-state index is 3.32. The first-order chi connectivity index (χ1) is 4.34. The molecule has 0 unspecified atom stereocenters. The van der Waals surface area contributed by atoms with E-state index in [9.17, 15) is 0 Å². The van der Waals surface area contributed by atoms with E-state index in [4.69, 9.17) is 0 Å². The van der Waals surface area contributed by atoms with Gasteiger partial charge in [0.05, 0.1) is 0 Å². The molecule has 0 bridgehead atoms. The molecule has 0 aliphatic carbocycles. The van der Waals surface area contributed by atoms with Gasteiger partial charge in [-0.3, -0.25) is 0 Å². The topological polar surface area (TPSA) is 0 Å². The third-order valence-electron chi connectivity index (χ3n) is 1.18. The molecular weight excluding hydrogens is 196 g/mol. The van der Waals surface area contributed by atoms with Crippen molar-refractivity contribution in [2.75, 3.05) is 0 Å². The molecule has 0 atom stereocenters. The van der Waals surface area contributed by atoms with Gasteiger partial charge in [-0.05, 0) is 43.6 Å². The Balaban J connectivity index is 3.01. The summed E-state index contributed by atoms with van der Waals surface area (Å²) < 4.78 is 0. The van der Waals surface area contributed by atoms with Gasteiger partial charge in [-0.2, -0.15) is 0 Å². The lowest BCUT2D eigenvalue weighted by atomic mass is 10.2. The lowest BCUT2D eigenvalue weighted by Gasteiger charge is -1.96. The van der Waals surface area contributed by atoms with E-state index in [0.29, 0.717) is 0 Å². The second-order valence-electron chi connectivity index (χ2n) is 1.84. The standard InChI is InChI=1S/C7H7BrS/c1-6-4-2-3-5-7(6)9-8/h2-5H,1H3. The Labute approximate surface area is 66.9 Å². The van der Waals surface area contributed by atoms with Crippen molar-refractivity contribution in [3.8, 4) is 0 Å². The van der Waals surface area contributed by atoms with E-state index in [1.807, 2.05) is 12.1 Å². The molecule has 0 radical (unpaired) electrons. The molecule has 0 aromatic heterocycles. The Bertz CT molecular complexity index is 198. The zero-order chi connectivity index (χ0) is 6.69. The predicted octanol–water partition coefficient (Wildman–Crippen LogP) is 3.40. The summed E-state index contributed by atoms with van der Waals surface area (Å²) in [5.41, 5.74) is 1.32. The minimum Gasteiger partial charge on any atom is -0.0619 e. The van der Waals surface area contributed by atoms with Gasteiger partial charge in [-0.1, -0.05) is 18.2 Å². The molecule has 0 saturated carbocycles. The van der Waals surface area contributed by atoms with Crippen LogP contribution in [0.1, 0.15) is 5.56 Å². The van der Waals surface area contributed by atoms with E-state index < -0.39 is 0 Å². The van der Waals surface area contributed by atoms with Gasteiger partial charge >= 0.3 is 0 Å². The van der Waals surface area contributed by atoms with E-state index in [-0.39, 0.29) is 0 Å². The fourth-order valence-electron chi connectivity index (χ4n) is 0.643. The monoisotopic (exact) mass is 202 g/mol. The van der Waals surface area contributed by atoms with Crippen LogP contribution in [-0.4, -0.2) is 0 Å². The van der Waals surface area contributed by atoms with E-state index >= 15 is 0 Å². The number of aryl methyl sites for hydroxylation is 1. The molecule has 48 valence electrons. The van der Waals surface area contributed by atoms with Crippen molar-refractivity contribution in [1.29, 1.82) is 0 Å². The molecule has 0 heterocycles. The van der Waals surface area contributed by atoms with Crippen LogP contribution in [0.5, 0.6) is 0 Å². The summed E-state index contributed by atoms with van der Waals surface area (Å²) in [6.45, 7) is 2.10. The van der Waals surface area contributed by atoms with Crippen molar-refractivity contribution in [2.24, 2.45) is 0 Å². The molecule has 0 N–H and O–H groups in total. The molecule has 1 aromatic rings. The van der Waals surface area contributed by atoms with Crippen molar-refractivity contribution in [1.82, 2.24) is 0 Å². The summed E-state index contributed by atoms with van der Waals surface area (Å²) in [7, 11) is 1.61. The number of rotatable bonds is 1. The van der Waals surface area contributed by atoms with Crippen molar-refractivity contribution >= 4 is 25.0 Å². The maximum atomic E-state index is 3.32. The van der Waals surface area contributed by atoms with Gasteiger partial charge in [0.15, 0.2) is 0 Å². The minimum atomic E-state index is 1.29. The van der Waals surface area contributed by atoms with E-state index in [1.165, 1.54) is 10.5 Å². The molecule has 0 aliphatic heterocycles.